The van der Waals surface area contributed by atoms with Crippen molar-refractivity contribution in [3.8, 4) is 5.75 Å². The summed E-state index contributed by atoms with van der Waals surface area (Å²) in [7, 11) is 0. The van der Waals surface area contributed by atoms with E-state index in [0.29, 0.717) is 30.0 Å². The number of ketones is 1. The number of fused-ring (bicyclic) bond motifs is 1. The minimum Gasteiger partial charge on any atom is -0.481 e. The second-order valence-electron chi connectivity index (χ2n) is 6.15. The maximum Gasteiger partial charge on any atom is 0.303 e. The van der Waals surface area contributed by atoms with Gasteiger partial charge < -0.3 is 19.8 Å². The zero-order chi connectivity index (χ0) is 17.9. The molecule has 0 radical (unpaired) electrons. The standard InChI is InChI=1S/C17H21NO6/c1-17(2)16(23)18(8-3-9-19)12-10-11(4-6-14(12)24-17)13(20)5-7-15(21)22/h4,6,10,19H,3,5,7-9H2,1-2H3,(H,21,22). The highest BCUT2D eigenvalue weighted by molar-refractivity contribution is 6.04. The lowest BCUT2D eigenvalue weighted by molar-refractivity contribution is -0.137. The quantitative estimate of drug-likeness (QED) is 0.734. The lowest BCUT2D eigenvalue weighted by Gasteiger charge is -2.39. The highest BCUT2D eigenvalue weighted by Crippen LogP contribution is 2.38. The Morgan fingerprint density at radius 1 is 1.25 bits per heavy atom. The Hall–Kier alpha value is -2.41. The largest absolute Gasteiger partial charge is 0.481 e. The van der Waals surface area contributed by atoms with Crippen molar-refractivity contribution >= 4 is 23.3 Å². The molecule has 1 amide bonds. The summed E-state index contributed by atoms with van der Waals surface area (Å²) < 4.78 is 5.72. The van der Waals surface area contributed by atoms with Gasteiger partial charge in [-0.05, 0) is 38.5 Å². The third-order valence-electron chi connectivity index (χ3n) is 3.80. The first-order valence-electron chi connectivity index (χ1n) is 7.77. The Morgan fingerprint density at radius 2 is 1.96 bits per heavy atom. The van der Waals surface area contributed by atoms with Crippen LogP contribution < -0.4 is 9.64 Å². The number of carbonyl (C=O) groups is 3. The van der Waals surface area contributed by atoms with E-state index < -0.39 is 11.6 Å². The molecule has 0 atom stereocenters. The van der Waals surface area contributed by atoms with Crippen molar-refractivity contribution < 1.29 is 29.3 Å². The normalized spacial score (nSPS) is 15.6. The number of anilines is 1. The minimum atomic E-state index is -1.04. The zero-order valence-electron chi connectivity index (χ0n) is 13.7. The molecule has 0 aliphatic carbocycles. The molecule has 1 aromatic rings. The molecule has 0 aromatic heterocycles. The third-order valence-corrected chi connectivity index (χ3v) is 3.80. The number of hydrogen-bond acceptors (Lipinski definition) is 5. The summed E-state index contributed by atoms with van der Waals surface area (Å²) in [6, 6.07) is 4.73. The van der Waals surface area contributed by atoms with Gasteiger partial charge >= 0.3 is 5.97 Å². The molecular weight excluding hydrogens is 314 g/mol. The van der Waals surface area contributed by atoms with Crippen molar-refractivity contribution in [1.29, 1.82) is 0 Å². The Bertz CT molecular complexity index is 667. The maximum absolute atomic E-state index is 12.6. The van der Waals surface area contributed by atoms with Crippen LogP contribution in [0.15, 0.2) is 18.2 Å². The Morgan fingerprint density at radius 3 is 2.58 bits per heavy atom. The van der Waals surface area contributed by atoms with Gasteiger partial charge in [0.1, 0.15) is 5.75 Å². The number of hydrogen-bond donors (Lipinski definition) is 2. The molecule has 7 nitrogen and oxygen atoms in total. The minimum absolute atomic E-state index is 0.0579. The van der Waals surface area contributed by atoms with E-state index in [1.165, 1.54) is 4.90 Å². The highest BCUT2D eigenvalue weighted by Gasteiger charge is 2.40. The number of nitrogens with zero attached hydrogens (tertiary/aromatic N) is 1. The van der Waals surface area contributed by atoms with Gasteiger partial charge in [0, 0.05) is 25.1 Å². The summed E-state index contributed by atoms with van der Waals surface area (Å²) in [5, 5.41) is 17.7. The Kier molecular flexibility index (Phi) is 5.23. The predicted molar refractivity (Wildman–Crippen MR) is 86.4 cm³/mol. The van der Waals surface area contributed by atoms with Gasteiger partial charge in [0.25, 0.3) is 5.91 Å². The molecule has 1 aliphatic rings. The Labute approximate surface area is 139 Å². The van der Waals surface area contributed by atoms with Crippen LogP contribution in [-0.2, 0) is 9.59 Å². The molecule has 0 unspecified atom stereocenters. The molecule has 1 aliphatic heterocycles. The molecular formula is C17H21NO6. The molecule has 7 heteroatoms. The number of aliphatic hydroxyl groups excluding tert-OH is 1. The van der Waals surface area contributed by atoms with E-state index in [9.17, 15) is 14.4 Å². The van der Waals surface area contributed by atoms with Crippen molar-refractivity contribution in [1.82, 2.24) is 0 Å². The number of aliphatic hydroxyl groups is 1. The van der Waals surface area contributed by atoms with Crippen LogP contribution >= 0.6 is 0 Å². The van der Waals surface area contributed by atoms with Crippen molar-refractivity contribution in [2.75, 3.05) is 18.1 Å². The summed E-state index contributed by atoms with van der Waals surface area (Å²) in [6.07, 6.45) is 0.0517. The molecule has 130 valence electrons. The summed E-state index contributed by atoms with van der Waals surface area (Å²) in [5.74, 6) is -1.11. The van der Waals surface area contributed by atoms with E-state index in [4.69, 9.17) is 14.9 Å². The number of carboxylic acid groups (broad SMARTS) is 1. The van der Waals surface area contributed by atoms with Gasteiger partial charge in [0.2, 0.25) is 0 Å². The zero-order valence-corrected chi connectivity index (χ0v) is 13.7. The lowest BCUT2D eigenvalue weighted by atomic mass is 10.0. The van der Waals surface area contributed by atoms with Crippen LogP contribution in [0.2, 0.25) is 0 Å². The van der Waals surface area contributed by atoms with Gasteiger partial charge in [-0.1, -0.05) is 0 Å². The number of benzene rings is 1. The second kappa shape index (κ2) is 7.00. The number of rotatable bonds is 7. The molecule has 24 heavy (non-hydrogen) atoms. The van der Waals surface area contributed by atoms with Crippen LogP contribution in [0.4, 0.5) is 5.69 Å². The SMILES string of the molecule is CC1(C)Oc2ccc(C(=O)CCC(=O)O)cc2N(CCCO)C1=O. The first-order chi connectivity index (χ1) is 11.3. The van der Waals surface area contributed by atoms with Crippen LogP contribution in [0.25, 0.3) is 0 Å². The van der Waals surface area contributed by atoms with Crippen molar-refractivity contribution in [3.63, 3.8) is 0 Å². The van der Waals surface area contributed by atoms with Gasteiger partial charge in [0.05, 0.1) is 12.1 Å². The number of carbonyl (C=O) groups excluding carboxylic acids is 2. The van der Waals surface area contributed by atoms with Gasteiger partial charge in [-0.25, -0.2) is 0 Å². The highest BCUT2D eigenvalue weighted by atomic mass is 16.5. The fraction of sp³-hybridized carbons (Fsp3) is 0.471. The third kappa shape index (κ3) is 3.73. The molecule has 1 heterocycles. The average molecular weight is 335 g/mol. The van der Waals surface area contributed by atoms with E-state index in [1.807, 2.05) is 0 Å². The van der Waals surface area contributed by atoms with E-state index in [-0.39, 0.29) is 31.1 Å². The lowest BCUT2D eigenvalue weighted by Crippen LogP contribution is -2.52. The van der Waals surface area contributed by atoms with Crippen molar-refractivity contribution in [2.24, 2.45) is 0 Å². The first kappa shape index (κ1) is 17.9. The van der Waals surface area contributed by atoms with Crippen LogP contribution in [0.5, 0.6) is 5.75 Å². The summed E-state index contributed by atoms with van der Waals surface area (Å²) in [4.78, 5) is 36.8. The molecule has 0 bridgehead atoms. The summed E-state index contributed by atoms with van der Waals surface area (Å²) in [5.41, 5.74) is -0.230. The summed E-state index contributed by atoms with van der Waals surface area (Å²) in [6.45, 7) is 3.58. The van der Waals surface area contributed by atoms with Gasteiger partial charge in [-0.15, -0.1) is 0 Å². The Balaban J connectivity index is 2.34. The molecule has 1 aromatic carbocycles. The molecule has 0 saturated carbocycles. The van der Waals surface area contributed by atoms with Crippen molar-refractivity contribution in [2.45, 2.75) is 38.7 Å². The fourth-order valence-electron chi connectivity index (χ4n) is 2.56. The van der Waals surface area contributed by atoms with Gasteiger partial charge in [-0.2, -0.15) is 0 Å². The topological polar surface area (TPSA) is 104 Å². The molecule has 2 rings (SSSR count). The number of amides is 1. The fourth-order valence-corrected chi connectivity index (χ4v) is 2.56. The average Bonchev–Trinajstić information content (AvgIpc) is 2.52. The number of aliphatic carboxylic acids is 1. The van der Waals surface area contributed by atoms with E-state index in [2.05, 4.69) is 0 Å². The van der Waals surface area contributed by atoms with Gasteiger partial charge in [-0.3, -0.25) is 14.4 Å². The van der Waals surface area contributed by atoms with Crippen LogP contribution in [0.3, 0.4) is 0 Å². The summed E-state index contributed by atoms with van der Waals surface area (Å²) >= 11 is 0. The van der Waals surface area contributed by atoms with Crippen LogP contribution in [0, 0.1) is 0 Å². The van der Waals surface area contributed by atoms with Crippen molar-refractivity contribution in [3.05, 3.63) is 23.8 Å². The van der Waals surface area contributed by atoms with Crippen LogP contribution in [-0.4, -0.2) is 46.6 Å². The van der Waals surface area contributed by atoms with E-state index >= 15 is 0 Å². The van der Waals surface area contributed by atoms with E-state index in [1.54, 1.807) is 32.0 Å². The monoisotopic (exact) mass is 335 g/mol. The molecule has 2 N–H and O–H groups in total. The number of ether oxygens (including phenoxy) is 1. The molecule has 0 fully saturated rings. The number of carboxylic acids is 1. The van der Waals surface area contributed by atoms with Crippen LogP contribution in [0.1, 0.15) is 43.5 Å². The number of Topliss-reactive ketones (excluding diaryl/α,β-unsaturated/α-hetero) is 1. The van der Waals surface area contributed by atoms with E-state index in [0.717, 1.165) is 0 Å². The molecule has 0 spiro atoms. The van der Waals surface area contributed by atoms with Gasteiger partial charge in [0.15, 0.2) is 11.4 Å². The predicted octanol–water partition coefficient (Wildman–Crippen LogP) is 1.62. The second-order valence-corrected chi connectivity index (χ2v) is 6.15. The smallest absolute Gasteiger partial charge is 0.303 e. The maximum atomic E-state index is 12.6. The first-order valence-corrected chi connectivity index (χ1v) is 7.77. The molecule has 0 saturated heterocycles.